The van der Waals surface area contributed by atoms with Crippen molar-refractivity contribution in [1.29, 1.82) is 0 Å². The Bertz CT molecular complexity index is 1650. The normalized spacial score (nSPS) is 23.4. The SMILES string of the molecule is CN=[S@@]1(=O)C[C@@](C)(c2cc(-c3cc(-c4cnc(OC)cn4)no3)ccc2F)N=C(NC(=O)OC(C)(C)C)C12CCCC2. The van der Waals surface area contributed by atoms with E-state index in [9.17, 15) is 9.00 Å². The Morgan fingerprint density at radius 3 is 2.50 bits per heavy atom. The number of amides is 1. The minimum atomic E-state index is -3.00. The molecule has 0 radical (unpaired) electrons. The number of aromatic nitrogens is 3. The maximum Gasteiger partial charge on any atom is 0.413 e. The number of carbonyl (C=O) groups is 1. The lowest BCUT2D eigenvalue weighted by Crippen LogP contribution is -2.59. The van der Waals surface area contributed by atoms with Gasteiger partial charge in [-0.25, -0.2) is 27.7 Å². The first-order valence-corrected chi connectivity index (χ1v) is 15.4. The molecule has 3 aromatic rings. The molecule has 2 aromatic heterocycles. The van der Waals surface area contributed by atoms with Crippen LogP contribution in [0.15, 0.2) is 50.5 Å². The molecule has 1 saturated carbocycles. The minimum absolute atomic E-state index is 0.0144. The van der Waals surface area contributed by atoms with Crippen molar-refractivity contribution in [2.45, 2.75) is 69.3 Å². The molecule has 1 amide bonds. The summed E-state index contributed by atoms with van der Waals surface area (Å²) in [6, 6.07) is 6.16. The monoisotopic (exact) mass is 598 g/mol. The number of alkyl carbamates (subject to hydrolysis) is 1. The van der Waals surface area contributed by atoms with Crippen LogP contribution in [0.4, 0.5) is 9.18 Å². The summed E-state index contributed by atoms with van der Waals surface area (Å²) in [5.74, 6) is 0.403. The van der Waals surface area contributed by atoms with Crippen LogP contribution in [0.3, 0.4) is 0 Å². The fourth-order valence-electron chi connectivity index (χ4n) is 5.65. The fourth-order valence-corrected chi connectivity index (χ4v) is 8.71. The predicted molar refractivity (Wildman–Crippen MR) is 156 cm³/mol. The van der Waals surface area contributed by atoms with Gasteiger partial charge in [0, 0.05) is 24.2 Å². The van der Waals surface area contributed by atoms with E-state index in [-0.39, 0.29) is 17.2 Å². The molecule has 2 atom stereocenters. The lowest BCUT2D eigenvalue weighted by atomic mass is 9.91. The summed E-state index contributed by atoms with van der Waals surface area (Å²) >= 11 is 0. The van der Waals surface area contributed by atoms with Gasteiger partial charge in [0.2, 0.25) is 5.88 Å². The number of benzene rings is 1. The zero-order chi connectivity index (χ0) is 30.3. The van der Waals surface area contributed by atoms with Crippen molar-refractivity contribution >= 4 is 21.7 Å². The number of rotatable bonds is 4. The molecule has 0 unspecified atom stereocenters. The van der Waals surface area contributed by atoms with Crippen molar-refractivity contribution in [3.8, 4) is 28.6 Å². The summed E-state index contributed by atoms with van der Waals surface area (Å²) in [7, 11) is 0.0177. The number of aliphatic imine (C=N–C) groups is 1. The molecular weight excluding hydrogens is 563 g/mol. The molecule has 2 aliphatic rings. The van der Waals surface area contributed by atoms with Gasteiger partial charge in [-0.3, -0.25) is 10.3 Å². The van der Waals surface area contributed by atoms with Gasteiger partial charge in [0.1, 0.15) is 38.9 Å². The van der Waals surface area contributed by atoms with E-state index >= 15 is 4.39 Å². The maximum absolute atomic E-state index is 15.6. The van der Waals surface area contributed by atoms with Gasteiger partial charge in [-0.2, -0.15) is 0 Å². The smallest absolute Gasteiger partial charge is 0.413 e. The number of nitrogens with zero attached hydrogens (tertiary/aromatic N) is 5. The Labute approximate surface area is 244 Å². The topological polar surface area (TPSA) is 141 Å². The van der Waals surface area contributed by atoms with E-state index in [1.54, 1.807) is 45.9 Å². The molecule has 0 saturated heterocycles. The zero-order valence-electron chi connectivity index (χ0n) is 24.6. The Kier molecular flexibility index (Phi) is 7.58. The van der Waals surface area contributed by atoms with Gasteiger partial charge in [-0.1, -0.05) is 18.0 Å². The molecule has 11 nitrogen and oxygen atoms in total. The molecule has 1 aliphatic carbocycles. The van der Waals surface area contributed by atoms with E-state index < -0.39 is 37.5 Å². The molecule has 13 heteroatoms. The van der Waals surface area contributed by atoms with E-state index in [4.69, 9.17) is 19.0 Å². The Morgan fingerprint density at radius 2 is 1.88 bits per heavy atom. The van der Waals surface area contributed by atoms with Crippen molar-refractivity contribution in [2.24, 2.45) is 9.36 Å². The predicted octanol–water partition coefficient (Wildman–Crippen LogP) is 5.51. The first-order valence-electron chi connectivity index (χ1n) is 13.7. The van der Waals surface area contributed by atoms with Crippen molar-refractivity contribution < 1.29 is 27.4 Å². The van der Waals surface area contributed by atoms with Crippen molar-refractivity contribution in [3.63, 3.8) is 0 Å². The molecule has 3 heterocycles. The van der Waals surface area contributed by atoms with Crippen LogP contribution in [-0.2, 0) is 20.0 Å². The molecule has 5 rings (SSSR count). The molecule has 1 spiro atoms. The Hall–Kier alpha value is -3.87. The third kappa shape index (κ3) is 5.37. The van der Waals surface area contributed by atoms with E-state index in [0.29, 0.717) is 41.4 Å². The third-order valence-corrected chi connectivity index (χ3v) is 11.0. The van der Waals surface area contributed by atoms with Crippen LogP contribution in [0.1, 0.15) is 58.9 Å². The number of ether oxygens (including phenoxy) is 2. The van der Waals surface area contributed by atoms with E-state index in [1.165, 1.54) is 32.6 Å². The summed E-state index contributed by atoms with van der Waals surface area (Å²) < 4.78 is 49.9. The highest BCUT2D eigenvalue weighted by molar-refractivity contribution is 7.95. The van der Waals surface area contributed by atoms with Gasteiger partial charge < -0.3 is 14.0 Å². The first kappa shape index (κ1) is 29.6. The minimum Gasteiger partial charge on any atom is -0.480 e. The molecular formula is C29H35FN6O5S. The van der Waals surface area contributed by atoms with Gasteiger partial charge in [-0.05, 0) is 58.7 Å². The second-order valence-electron chi connectivity index (χ2n) is 11.7. The molecule has 1 aromatic carbocycles. The second kappa shape index (κ2) is 10.8. The number of hydrogen-bond donors (Lipinski definition) is 1. The van der Waals surface area contributed by atoms with Crippen molar-refractivity contribution in [1.82, 2.24) is 20.4 Å². The highest BCUT2D eigenvalue weighted by Gasteiger charge is 2.55. The highest BCUT2D eigenvalue weighted by atomic mass is 32.2. The number of carbonyl (C=O) groups excluding carboxylic acids is 1. The molecule has 42 heavy (non-hydrogen) atoms. The standard InChI is InChI=1S/C29H35FN6O5S/c1-27(2,3)40-26(37)34-25-29(11-7-8-12-29)42(38,31-5)17-28(4,35-25)19-13-18(9-10-20(19)30)23-14-21(36-41-23)22-15-33-24(39-6)16-32-22/h9-10,13-16H,7-8,11-12,17H2,1-6H3,(H,34,35,37)/t28-,42+/m0/s1. The van der Waals surface area contributed by atoms with Gasteiger partial charge in [0.15, 0.2) is 5.76 Å². The van der Waals surface area contributed by atoms with Gasteiger partial charge >= 0.3 is 6.09 Å². The third-order valence-electron chi connectivity index (χ3n) is 7.64. The first-order chi connectivity index (χ1) is 19.8. The number of nitrogens with one attached hydrogen (secondary N) is 1. The van der Waals surface area contributed by atoms with Crippen LogP contribution < -0.4 is 10.1 Å². The number of methoxy groups -OCH3 is 1. The van der Waals surface area contributed by atoms with Gasteiger partial charge in [0.05, 0.1) is 35.0 Å². The van der Waals surface area contributed by atoms with Crippen LogP contribution in [0.2, 0.25) is 0 Å². The average Bonchev–Trinajstić information content (AvgIpc) is 3.63. The molecule has 1 N–H and O–H groups in total. The van der Waals surface area contributed by atoms with Gasteiger partial charge in [-0.15, -0.1) is 0 Å². The summed E-state index contributed by atoms with van der Waals surface area (Å²) in [4.78, 5) is 26.3. The Morgan fingerprint density at radius 1 is 1.14 bits per heavy atom. The Balaban J connectivity index is 1.57. The quantitative estimate of drug-likeness (QED) is 0.415. The van der Waals surface area contributed by atoms with Gasteiger partial charge in [0.25, 0.3) is 0 Å². The van der Waals surface area contributed by atoms with Crippen LogP contribution in [-0.4, -0.2) is 61.5 Å². The molecule has 1 fully saturated rings. The van der Waals surface area contributed by atoms with E-state index in [2.05, 4.69) is 24.8 Å². The summed E-state index contributed by atoms with van der Waals surface area (Å²) in [5.41, 5.74) is -0.441. The molecule has 0 bridgehead atoms. The molecule has 1 aliphatic heterocycles. The van der Waals surface area contributed by atoms with Crippen LogP contribution >= 0.6 is 0 Å². The number of halogens is 1. The number of amidine groups is 1. The van der Waals surface area contributed by atoms with Crippen LogP contribution in [0.25, 0.3) is 22.7 Å². The van der Waals surface area contributed by atoms with E-state index in [0.717, 1.165) is 12.8 Å². The second-order valence-corrected chi connectivity index (χ2v) is 14.5. The van der Waals surface area contributed by atoms with Crippen LogP contribution in [0, 0.1) is 5.82 Å². The lowest BCUT2D eigenvalue weighted by Gasteiger charge is -2.43. The zero-order valence-corrected chi connectivity index (χ0v) is 25.4. The highest BCUT2D eigenvalue weighted by Crippen LogP contribution is 2.47. The fraction of sp³-hybridized carbons (Fsp3) is 0.483. The van der Waals surface area contributed by atoms with Crippen molar-refractivity contribution in [3.05, 3.63) is 48.0 Å². The lowest BCUT2D eigenvalue weighted by molar-refractivity contribution is 0.0560. The largest absolute Gasteiger partial charge is 0.480 e. The molecule has 224 valence electrons. The van der Waals surface area contributed by atoms with Crippen LogP contribution in [0.5, 0.6) is 5.88 Å². The average molecular weight is 599 g/mol. The van der Waals surface area contributed by atoms with E-state index in [1.807, 2.05) is 0 Å². The summed E-state index contributed by atoms with van der Waals surface area (Å²) in [5, 5.41) is 6.89. The summed E-state index contributed by atoms with van der Waals surface area (Å²) in [6.07, 6.45) is 4.99. The maximum atomic E-state index is 15.6. The number of hydrogen-bond acceptors (Lipinski definition) is 10. The van der Waals surface area contributed by atoms with Crippen molar-refractivity contribution in [2.75, 3.05) is 19.9 Å². The summed E-state index contributed by atoms with van der Waals surface area (Å²) in [6.45, 7) is 6.97.